The van der Waals surface area contributed by atoms with E-state index in [0.717, 1.165) is 40.1 Å². The van der Waals surface area contributed by atoms with Gasteiger partial charge in [0.15, 0.2) is 5.78 Å². The smallest absolute Gasteiger partial charge is 0.296 e. The summed E-state index contributed by atoms with van der Waals surface area (Å²) < 4.78 is 81.4. The highest BCUT2D eigenvalue weighted by molar-refractivity contribution is 7.89. The molecule has 0 amide bonds. The second-order valence-electron chi connectivity index (χ2n) is 9.59. The first-order valence-electron chi connectivity index (χ1n) is 12.3. The van der Waals surface area contributed by atoms with E-state index >= 15 is 0 Å². The number of halogens is 4. The number of ketones is 1. The van der Waals surface area contributed by atoms with Gasteiger partial charge in [-0.1, -0.05) is 24.6 Å². The van der Waals surface area contributed by atoms with Gasteiger partial charge in [-0.25, -0.2) is 12.8 Å². The molecule has 2 aliphatic rings. The van der Waals surface area contributed by atoms with Crippen LogP contribution >= 0.6 is 11.3 Å². The highest BCUT2D eigenvalue weighted by atomic mass is 32.2. The molecule has 2 unspecified atom stereocenters. The largest absolute Gasteiger partial charge is 0.416 e. The molecule has 5 rings (SSSR count). The maximum Gasteiger partial charge on any atom is 0.416 e. The fraction of sp³-hybridized carbons (Fsp3) is 0.370. The zero-order chi connectivity index (χ0) is 27.1. The van der Waals surface area contributed by atoms with Crippen LogP contribution in [0, 0.1) is 5.82 Å². The number of benzene rings is 2. The van der Waals surface area contributed by atoms with Crippen molar-refractivity contribution in [2.75, 3.05) is 19.6 Å². The number of Topliss-reactive ketones (excluding diaryl/α,β-unsaturated/α-hetero) is 1. The molecular formula is C27H26F4N2O3S2. The van der Waals surface area contributed by atoms with E-state index in [1.807, 2.05) is 16.3 Å². The van der Waals surface area contributed by atoms with E-state index in [4.69, 9.17) is 0 Å². The number of carbonyl (C=O) groups excluding carboxylic acids is 1. The number of rotatable bonds is 6. The Balaban J connectivity index is 1.42. The summed E-state index contributed by atoms with van der Waals surface area (Å²) in [6.45, 7) is 0.593. The van der Waals surface area contributed by atoms with Crippen LogP contribution in [0.4, 0.5) is 17.6 Å². The van der Waals surface area contributed by atoms with Gasteiger partial charge >= 0.3 is 6.18 Å². The van der Waals surface area contributed by atoms with Gasteiger partial charge < -0.3 is 0 Å². The Morgan fingerprint density at radius 2 is 1.79 bits per heavy atom. The van der Waals surface area contributed by atoms with Crippen molar-refractivity contribution < 1.29 is 30.8 Å². The first-order valence-corrected chi connectivity index (χ1v) is 14.7. The summed E-state index contributed by atoms with van der Waals surface area (Å²) >= 11 is 1.63. The molecule has 3 aromatic rings. The predicted octanol–water partition coefficient (Wildman–Crippen LogP) is 5.67. The first kappa shape index (κ1) is 27.0. The number of sulfonamides is 1. The van der Waals surface area contributed by atoms with Gasteiger partial charge in [-0.2, -0.15) is 17.5 Å². The molecule has 2 atom stereocenters. The lowest BCUT2D eigenvalue weighted by molar-refractivity contribution is -0.137. The summed E-state index contributed by atoms with van der Waals surface area (Å²) in [6, 6.07) is 10.5. The Kier molecular flexibility index (Phi) is 7.47. The zero-order valence-corrected chi connectivity index (χ0v) is 22.0. The van der Waals surface area contributed by atoms with Crippen LogP contribution in [0.1, 0.15) is 46.9 Å². The van der Waals surface area contributed by atoms with Crippen LogP contribution in [0.15, 0.2) is 64.9 Å². The lowest BCUT2D eigenvalue weighted by Crippen LogP contribution is -2.51. The van der Waals surface area contributed by atoms with Crippen LogP contribution in [0.2, 0.25) is 0 Å². The third-order valence-electron chi connectivity index (χ3n) is 7.20. The number of nitrogens with zero attached hydrogens (tertiary/aromatic N) is 2. The van der Waals surface area contributed by atoms with Crippen LogP contribution < -0.4 is 0 Å². The number of fused-ring (bicyclic) bond motifs is 1. The van der Waals surface area contributed by atoms with Crippen molar-refractivity contribution in [1.82, 2.24) is 9.21 Å². The molecule has 3 heterocycles. The molecule has 0 N–H and O–H groups in total. The van der Waals surface area contributed by atoms with E-state index in [1.54, 1.807) is 23.5 Å². The maximum atomic E-state index is 13.7. The average Bonchev–Trinajstić information content (AvgIpc) is 3.38. The van der Waals surface area contributed by atoms with Gasteiger partial charge in [0, 0.05) is 18.0 Å². The highest BCUT2D eigenvalue weighted by Crippen LogP contribution is 2.38. The monoisotopic (exact) mass is 566 g/mol. The lowest BCUT2D eigenvalue weighted by Gasteiger charge is -2.39. The Labute approximate surface area is 222 Å². The Morgan fingerprint density at radius 1 is 1.03 bits per heavy atom. The fourth-order valence-corrected chi connectivity index (χ4v) is 7.99. The van der Waals surface area contributed by atoms with E-state index in [0.29, 0.717) is 31.9 Å². The molecule has 5 nitrogen and oxygen atoms in total. The van der Waals surface area contributed by atoms with Gasteiger partial charge in [-0.3, -0.25) is 9.69 Å². The van der Waals surface area contributed by atoms with Crippen LogP contribution in [0.3, 0.4) is 0 Å². The molecule has 0 saturated carbocycles. The van der Waals surface area contributed by atoms with Crippen molar-refractivity contribution in [2.45, 2.75) is 48.8 Å². The second-order valence-corrected chi connectivity index (χ2v) is 12.5. The molecule has 11 heteroatoms. The topological polar surface area (TPSA) is 57.7 Å². The summed E-state index contributed by atoms with van der Waals surface area (Å²) in [6.07, 6.45) is -2.50. The Hall–Kier alpha value is -2.60. The van der Waals surface area contributed by atoms with E-state index in [2.05, 4.69) is 0 Å². The number of carbonyl (C=O) groups is 1. The number of thiophene rings is 1. The third-order valence-corrected chi connectivity index (χ3v) is 10.1. The van der Waals surface area contributed by atoms with E-state index in [1.165, 1.54) is 17.0 Å². The fourth-order valence-electron chi connectivity index (χ4n) is 5.36. The van der Waals surface area contributed by atoms with Crippen molar-refractivity contribution in [2.24, 2.45) is 0 Å². The molecule has 38 heavy (non-hydrogen) atoms. The third kappa shape index (κ3) is 5.29. The van der Waals surface area contributed by atoms with Crippen molar-refractivity contribution >= 4 is 27.1 Å². The normalized spacial score (nSPS) is 21.3. The minimum absolute atomic E-state index is 0.0311. The zero-order valence-electron chi connectivity index (χ0n) is 20.3. The molecule has 0 radical (unpaired) electrons. The molecule has 1 fully saturated rings. The molecular weight excluding hydrogens is 540 g/mol. The Morgan fingerprint density at radius 3 is 2.53 bits per heavy atom. The van der Waals surface area contributed by atoms with E-state index < -0.39 is 32.7 Å². The summed E-state index contributed by atoms with van der Waals surface area (Å²) in [5, 5.41) is 1.98. The predicted molar refractivity (Wildman–Crippen MR) is 136 cm³/mol. The molecule has 0 aliphatic carbocycles. The van der Waals surface area contributed by atoms with Gasteiger partial charge in [-0.15, -0.1) is 11.3 Å². The van der Waals surface area contributed by atoms with Crippen LogP contribution in [0.5, 0.6) is 0 Å². The number of piperidine rings is 1. The van der Waals surface area contributed by atoms with Crippen molar-refractivity contribution in [3.63, 3.8) is 0 Å². The van der Waals surface area contributed by atoms with Crippen LogP contribution in [0.25, 0.3) is 0 Å². The van der Waals surface area contributed by atoms with E-state index in [-0.39, 0.29) is 30.7 Å². The highest BCUT2D eigenvalue weighted by Gasteiger charge is 2.40. The molecule has 1 saturated heterocycles. The van der Waals surface area contributed by atoms with Crippen molar-refractivity contribution in [1.29, 1.82) is 0 Å². The van der Waals surface area contributed by atoms with Crippen LogP contribution in [-0.2, 0) is 27.4 Å². The number of hydrogen-bond acceptors (Lipinski definition) is 5. The summed E-state index contributed by atoms with van der Waals surface area (Å²) in [5.74, 6) is -0.665. The number of alkyl halides is 3. The second kappa shape index (κ2) is 10.5. The lowest BCUT2D eigenvalue weighted by atomic mass is 9.92. The molecule has 0 bridgehead atoms. The quantitative estimate of drug-likeness (QED) is 0.361. The molecule has 202 valence electrons. The van der Waals surface area contributed by atoms with Gasteiger partial charge in [0.05, 0.1) is 29.1 Å². The summed E-state index contributed by atoms with van der Waals surface area (Å²) in [4.78, 5) is 16.4. The van der Waals surface area contributed by atoms with Gasteiger partial charge in [0.1, 0.15) is 5.82 Å². The van der Waals surface area contributed by atoms with Gasteiger partial charge in [-0.05, 0) is 72.2 Å². The standard InChI is InChI=1S/C27H26F4N2O3S2/c28-20-9-7-18(8-10-20)26-22-12-15-37-25(22)11-14-32(26)17-24(34)23-6-1-2-13-33(23)38(35,36)21-5-3-4-19(16-21)27(29,30)31/h3-5,7-10,12,15-16,23,26H,1-2,6,11,13-14,17H2. The minimum atomic E-state index is -4.69. The van der Waals surface area contributed by atoms with Gasteiger partial charge in [0.2, 0.25) is 10.0 Å². The minimum Gasteiger partial charge on any atom is -0.296 e. The van der Waals surface area contributed by atoms with Crippen LogP contribution in [-0.4, -0.2) is 49.1 Å². The molecule has 2 aliphatic heterocycles. The summed E-state index contributed by atoms with van der Waals surface area (Å²) in [7, 11) is -4.34. The van der Waals surface area contributed by atoms with Crippen molar-refractivity contribution in [3.05, 3.63) is 87.4 Å². The Bertz CT molecular complexity index is 1420. The van der Waals surface area contributed by atoms with E-state index in [9.17, 15) is 30.8 Å². The number of hydrogen-bond donors (Lipinski definition) is 0. The van der Waals surface area contributed by atoms with Crippen molar-refractivity contribution in [3.8, 4) is 0 Å². The average molecular weight is 567 g/mol. The molecule has 2 aromatic carbocycles. The SMILES string of the molecule is O=C(CN1CCc2sccc2C1c1ccc(F)cc1)C1CCCCN1S(=O)(=O)c1cccc(C(F)(F)F)c1. The van der Waals surface area contributed by atoms with Gasteiger partial charge in [0.25, 0.3) is 0 Å². The first-order chi connectivity index (χ1) is 18.1. The molecule has 0 spiro atoms. The maximum absolute atomic E-state index is 13.7. The molecule has 1 aromatic heterocycles. The summed E-state index contributed by atoms with van der Waals surface area (Å²) in [5.41, 5.74) is 0.814.